The Hall–Kier alpha value is -1.84. The molecule has 3 N–H and O–H groups in total. The lowest BCUT2D eigenvalue weighted by Crippen LogP contribution is -2.18. The fraction of sp³-hybridized carbons (Fsp3) is 0.385. The summed E-state index contributed by atoms with van der Waals surface area (Å²) in [6.45, 7) is 3.64. The molecule has 94 valence electrons. The molecule has 0 aliphatic heterocycles. The summed E-state index contributed by atoms with van der Waals surface area (Å²) in [5.41, 5.74) is 6.10. The van der Waals surface area contributed by atoms with Gasteiger partial charge in [-0.25, -0.2) is 0 Å². The van der Waals surface area contributed by atoms with Gasteiger partial charge < -0.3 is 10.8 Å². The maximum atomic E-state index is 10.7. The van der Waals surface area contributed by atoms with Crippen molar-refractivity contribution in [3.63, 3.8) is 0 Å². The van der Waals surface area contributed by atoms with Crippen LogP contribution in [0.1, 0.15) is 38.2 Å². The molecule has 0 aromatic heterocycles. The predicted octanol–water partition coefficient (Wildman–Crippen LogP) is 2.15. The average Bonchev–Trinajstić information content (AvgIpc) is 2.29. The number of carbonyl (C=O) groups excluding carboxylic acids is 1. The van der Waals surface area contributed by atoms with Crippen LogP contribution in [0.15, 0.2) is 30.3 Å². The minimum absolute atomic E-state index is 0.184. The first-order valence-electron chi connectivity index (χ1n) is 5.55. The number of carboxylic acids is 1. The number of hydrogen-bond donors (Lipinski definition) is 2. The molecule has 0 bridgehead atoms. The SMILES string of the molecule is CCCC(=O)O.C[C@H](C(N)=O)c1ccccc1. The molecule has 4 nitrogen and oxygen atoms in total. The van der Waals surface area contributed by atoms with E-state index >= 15 is 0 Å². The van der Waals surface area contributed by atoms with Crippen molar-refractivity contribution in [2.45, 2.75) is 32.6 Å². The molecule has 0 saturated carbocycles. The van der Waals surface area contributed by atoms with E-state index in [1.165, 1.54) is 0 Å². The van der Waals surface area contributed by atoms with E-state index in [0.717, 1.165) is 12.0 Å². The van der Waals surface area contributed by atoms with Gasteiger partial charge >= 0.3 is 5.97 Å². The van der Waals surface area contributed by atoms with E-state index in [9.17, 15) is 9.59 Å². The van der Waals surface area contributed by atoms with Crippen LogP contribution in [0.5, 0.6) is 0 Å². The first-order valence-corrected chi connectivity index (χ1v) is 5.55. The highest BCUT2D eigenvalue weighted by molar-refractivity contribution is 5.81. The van der Waals surface area contributed by atoms with Gasteiger partial charge in [0.1, 0.15) is 0 Å². The third kappa shape index (κ3) is 7.11. The summed E-state index contributed by atoms with van der Waals surface area (Å²) in [4.78, 5) is 20.3. The van der Waals surface area contributed by atoms with Crippen LogP contribution in [0, 0.1) is 0 Å². The second kappa shape index (κ2) is 8.33. The maximum Gasteiger partial charge on any atom is 0.303 e. The van der Waals surface area contributed by atoms with Crippen molar-refractivity contribution < 1.29 is 14.7 Å². The Labute approximate surface area is 101 Å². The number of carbonyl (C=O) groups is 2. The van der Waals surface area contributed by atoms with Gasteiger partial charge in [0, 0.05) is 6.42 Å². The van der Waals surface area contributed by atoms with Gasteiger partial charge in [-0.1, -0.05) is 37.3 Å². The molecule has 1 aromatic rings. The Morgan fingerprint density at radius 3 is 2.12 bits per heavy atom. The Balaban J connectivity index is 0.000000366. The van der Waals surface area contributed by atoms with E-state index in [2.05, 4.69) is 0 Å². The Morgan fingerprint density at radius 2 is 1.82 bits per heavy atom. The van der Waals surface area contributed by atoms with Crippen molar-refractivity contribution >= 4 is 11.9 Å². The van der Waals surface area contributed by atoms with Crippen LogP contribution in [0.4, 0.5) is 0 Å². The minimum Gasteiger partial charge on any atom is -0.481 e. The van der Waals surface area contributed by atoms with Crippen LogP contribution in [0.25, 0.3) is 0 Å². The van der Waals surface area contributed by atoms with E-state index in [1.807, 2.05) is 37.3 Å². The predicted molar refractivity (Wildman–Crippen MR) is 66.6 cm³/mol. The summed E-state index contributed by atoms with van der Waals surface area (Å²) >= 11 is 0. The van der Waals surface area contributed by atoms with Gasteiger partial charge in [0.05, 0.1) is 5.92 Å². The maximum absolute atomic E-state index is 10.7. The second-order valence-electron chi connectivity index (χ2n) is 3.68. The highest BCUT2D eigenvalue weighted by Crippen LogP contribution is 2.12. The van der Waals surface area contributed by atoms with Crippen LogP contribution in [-0.4, -0.2) is 17.0 Å². The summed E-state index contributed by atoms with van der Waals surface area (Å²) in [5.74, 6) is -1.18. The van der Waals surface area contributed by atoms with Gasteiger partial charge in [0.2, 0.25) is 5.91 Å². The molecule has 0 unspecified atom stereocenters. The fourth-order valence-electron chi connectivity index (χ4n) is 1.12. The Kier molecular flexibility index (Phi) is 7.43. The zero-order valence-corrected chi connectivity index (χ0v) is 10.2. The number of aliphatic carboxylic acids is 1. The topological polar surface area (TPSA) is 80.4 Å². The first-order chi connectivity index (χ1) is 7.99. The van der Waals surface area contributed by atoms with Crippen molar-refractivity contribution in [2.24, 2.45) is 5.73 Å². The lowest BCUT2D eigenvalue weighted by Gasteiger charge is -2.05. The molecule has 0 fully saturated rings. The third-order valence-corrected chi connectivity index (χ3v) is 2.19. The number of rotatable bonds is 4. The normalized spacial score (nSPS) is 10.9. The quantitative estimate of drug-likeness (QED) is 0.841. The van der Waals surface area contributed by atoms with Crippen molar-refractivity contribution in [3.8, 4) is 0 Å². The molecular weight excluding hydrogens is 218 g/mol. The van der Waals surface area contributed by atoms with Crippen LogP contribution >= 0.6 is 0 Å². The molecule has 0 heterocycles. The minimum atomic E-state index is -0.711. The molecule has 4 heteroatoms. The number of carboxylic acid groups (broad SMARTS) is 1. The summed E-state index contributed by atoms with van der Waals surface area (Å²) in [6.07, 6.45) is 1.02. The number of benzene rings is 1. The number of amides is 1. The molecule has 17 heavy (non-hydrogen) atoms. The molecular formula is C13H19NO3. The Morgan fingerprint density at radius 1 is 1.29 bits per heavy atom. The Bertz CT molecular complexity index is 349. The molecule has 0 radical (unpaired) electrons. The first kappa shape index (κ1) is 15.2. The summed E-state index contributed by atoms with van der Waals surface area (Å²) in [6, 6.07) is 9.51. The van der Waals surface area contributed by atoms with E-state index < -0.39 is 5.97 Å². The molecule has 0 aliphatic rings. The van der Waals surface area contributed by atoms with Crippen LogP contribution in [0.2, 0.25) is 0 Å². The molecule has 1 atom stereocenters. The molecule has 1 aromatic carbocycles. The summed E-state index contributed by atoms with van der Waals surface area (Å²) in [5, 5.41) is 7.91. The van der Waals surface area contributed by atoms with Crippen LogP contribution in [-0.2, 0) is 9.59 Å². The van der Waals surface area contributed by atoms with Crippen molar-refractivity contribution in [1.82, 2.24) is 0 Å². The van der Waals surface area contributed by atoms with E-state index in [0.29, 0.717) is 6.42 Å². The van der Waals surface area contributed by atoms with Gasteiger partial charge in [0.15, 0.2) is 0 Å². The van der Waals surface area contributed by atoms with Gasteiger partial charge in [-0.3, -0.25) is 9.59 Å². The van der Waals surface area contributed by atoms with Crippen molar-refractivity contribution in [3.05, 3.63) is 35.9 Å². The van der Waals surface area contributed by atoms with E-state index in [1.54, 1.807) is 6.92 Å². The smallest absolute Gasteiger partial charge is 0.303 e. The third-order valence-electron chi connectivity index (χ3n) is 2.19. The van der Waals surface area contributed by atoms with Gasteiger partial charge in [-0.15, -0.1) is 0 Å². The van der Waals surface area contributed by atoms with Gasteiger partial charge in [-0.05, 0) is 18.9 Å². The lowest BCUT2D eigenvalue weighted by molar-refractivity contribution is -0.137. The fourth-order valence-corrected chi connectivity index (χ4v) is 1.12. The average molecular weight is 237 g/mol. The number of primary amides is 1. The number of nitrogens with two attached hydrogens (primary N) is 1. The van der Waals surface area contributed by atoms with E-state index in [-0.39, 0.29) is 11.8 Å². The van der Waals surface area contributed by atoms with E-state index in [4.69, 9.17) is 10.8 Å². The van der Waals surface area contributed by atoms with Crippen molar-refractivity contribution in [1.29, 1.82) is 0 Å². The molecule has 0 aliphatic carbocycles. The standard InChI is InChI=1S/C9H11NO.C4H8O2/c1-7(9(10)11)8-5-3-2-4-6-8;1-2-3-4(5)6/h2-7H,1H3,(H2,10,11);2-3H2,1H3,(H,5,6)/t7-;/m0./s1. The van der Waals surface area contributed by atoms with Crippen molar-refractivity contribution in [2.75, 3.05) is 0 Å². The summed E-state index contributed by atoms with van der Waals surface area (Å²) < 4.78 is 0. The summed E-state index contributed by atoms with van der Waals surface area (Å²) in [7, 11) is 0. The second-order valence-corrected chi connectivity index (χ2v) is 3.68. The molecule has 1 amide bonds. The molecule has 0 saturated heterocycles. The highest BCUT2D eigenvalue weighted by Gasteiger charge is 2.09. The zero-order valence-electron chi connectivity index (χ0n) is 10.2. The lowest BCUT2D eigenvalue weighted by atomic mass is 10.0. The highest BCUT2D eigenvalue weighted by atomic mass is 16.4. The number of hydrogen-bond acceptors (Lipinski definition) is 2. The van der Waals surface area contributed by atoms with Crippen LogP contribution < -0.4 is 5.73 Å². The largest absolute Gasteiger partial charge is 0.481 e. The zero-order chi connectivity index (χ0) is 13.3. The monoisotopic (exact) mass is 237 g/mol. The molecule has 0 spiro atoms. The van der Waals surface area contributed by atoms with Crippen LogP contribution in [0.3, 0.4) is 0 Å². The molecule has 1 rings (SSSR count). The van der Waals surface area contributed by atoms with Gasteiger partial charge in [0.25, 0.3) is 0 Å². The van der Waals surface area contributed by atoms with Gasteiger partial charge in [-0.2, -0.15) is 0 Å².